The number of piperazine rings is 1. The van der Waals surface area contributed by atoms with Gasteiger partial charge in [-0.05, 0) is 55.5 Å². The second-order valence-electron chi connectivity index (χ2n) is 8.29. The summed E-state index contributed by atoms with van der Waals surface area (Å²) < 4.78 is 27.3. The van der Waals surface area contributed by atoms with Crippen LogP contribution in [0.1, 0.15) is 41.7 Å². The molecule has 1 saturated carbocycles. The first kappa shape index (κ1) is 22.8. The second kappa shape index (κ2) is 9.21. The molecule has 1 aliphatic carbocycles. The summed E-state index contributed by atoms with van der Waals surface area (Å²) >= 11 is 5.99. The van der Waals surface area contributed by atoms with Gasteiger partial charge in [0.15, 0.2) is 5.78 Å². The summed E-state index contributed by atoms with van der Waals surface area (Å²) in [6, 6.07) is 13.2. The summed E-state index contributed by atoms with van der Waals surface area (Å²) in [7, 11) is -3.68. The van der Waals surface area contributed by atoms with Crippen molar-refractivity contribution in [2.24, 2.45) is 5.92 Å². The molecule has 0 spiro atoms. The number of amides is 2. The maximum Gasteiger partial charge on any atom is 0.317 e. The van der Waals surface area contributed by atoms with Crippen molar-refractivity contribution in [3.63, 3.8) is 0 Å². The fourth-order valence-electron chi connectivity index (χ4n) is 3.94. The van der Waals surface area contributed by atoms with Gasteiger partial charge in [0.1, 0.15) is 0 Å². The molecule has 1 N–H and O–H groups in total. The van der Waals surface area contributed by atoms with Gasteiger partial charge >= 0.3 is 6.03 Å². The summed E-state index contributed by atoms with van der Waals surface area (Å²) in [5.41, 5.74) is 1.50. The molecule has 170 valence electrons. The lowest BCUT2D eigenvalue weighted by Crippen LogP contribution is -2.53. The number of carbonyl (C=O) groups excluding carboxylic acids is 2. The molecule has 0 bridgehead atoms. The van der Waals surface area contributed by atoms with E-state index in [-0.39, 0.29) is 35.8 Å². The summed E-state index contributed by atoms with van der Waals surface area (Å²) in [6.45, 7) is 2.51. The second-order valence-corrected chi connectivity index (χ2v) is 10.7. The third-order valence-electron chi connectivity index (χ3n) is 6.03. The molecule has 9 heteroatoms. The van der Waals surface area contributed by atoms with Gasteiger partial charge in [-0.3, -0.25) is 4.79 Å². The number of hydrogen-bond acceptors (Lipinski definition) is 4. The molecule has 1 heterocycles. The highest BCUT2D eigenvalue weighted by Crippen LogP contribution is 2.41. The number of nitrogens with one attached hydrogen (secondary N) is 1. The number of carbonyl (C=O) groups is 2. The lowest BCUT2D eigenvalue weighted by molar-refractivity contribution is 0.101. The first-order valence-electron chi connectivity index (χ1n) is 10.7. The Morgan fingerprint density at radius 3 is 2.09 bits per heavy atom. The van der Waals surface area contributed by atoms with E-state index in [9.17, 15) is 18.0 Å². The Kier molecular flexibility index (Phi) is 6.55. The molecule has 2 amide bonds. The zero-order valence-electron chi connectivity index (χ0n) is 17.8. The Morgan fingerprint density at radius 1 is 0.969 bits per heavy atom. The minimum atomic E-state index is -3.68. The molecular formula is C23H26ClN3O4S. The highest BCUT2D eigenvalue weighted by atomic mass is 35.5. The Bertz CT molecular complexity index is 1090. The Labute approximate surface area is 193 Å². The summed E-state index contributed by atoms with van der Waals surface area (Å²) in [5, 5.41) is 3.79. The lowest BCUT2D eigenvalue weighted by atomic mass is 10.0. The normalized spacial score (nSPS) is 18.2. The minimum absolute atomic E-state index is 0.0682. The third kappa shape index (κ3) is 4.98. The molecule has 4 rings (SSSR count). The van der Waals surface area contributed by atoms with E-state index in [0.29, 0.717) is 29.6 Å². The molecular weight excluding hydrogens is 450 g/mol. The van der Waals surface area contributed by atoms with Crippen molar-refractivity contribution < 1.29 is 18.0 Å². The van der Waals surface area contributed by atoms with Crippen LogP contribution >= 0.6 is 11.6 Å². The van der Waals surface area contributed by atoms with E-state index in [1.54, 1.807) is 4.90 Å². The Balaban J connectivity index is 1.37. The number of halogens is 1. The van der Waals surface area contributed by atoms with Gasteiger partial charge < -0.3 is 10.2 Å². The van der Waals surface area contributed by atoms with E-state index in [2.05, 4.69) is 5.32 Å². The van der Waals surface area contributed by atoms with Gasteiger partial charge in [-0.25, -0.2) is 13.2 Å². The number of ketones is 1. The minimum Gasteiger partial charge on any atom is -0.331 e. The molecule has 2 aromatic carbocycles. The molecule has 1 saturated heterocycles. The first-order valence-corrected chi connectivity index (χ1v) is 12.5. The van der Waals surface area contributed by atoms with Crippen molar-refractivity contribution in [3.8, 4) is 0 Å². The van der Waals surface area contributed by atoms with Crippen LogP contribution in [-0.2, 0) is 10.0 Å². The van der Waals surface area contributed by atoms with Crippen LogP contribution < -0.4 is 5.32 Å². The largest absolute Gasteiger partial charge is 0.331 e. The molecule has 0 unspecified atom stereocenters. The van der Waals surface area contributed by atoms with E-state index in [4.69, 9.17) is 11.6 Å². The topological polar surface area (TPSA) is 86.8 Å². The van der Waals surface area contributed by atoms with Gasteiger partial charge in [0.25, 0.3) is 0 Å². The highest BCUT2D eigenvalue weighted by molar-refractivity contribution is 7.89. The van der Waals surface area contributed by atoms with E-state index < -0.39 is 10.0 Å². The summed E-state index contributed by atoms with van der Waals surface area (Å²) in [4.78, 5) is 26.1. The monoisotopic (exact) mass is 475 g/mol. The third-order valence-corrected chi connectivity index (χ3v) is 8.19. The quantitative estimate of drug-likeness (QED) is 0.645. The Morgan fingerprint density at radius 2 is 1.56 bits per heavy atom. The van der Waals surface area contributed by atoms with E-state index >= 15 is 0 Å². The van der Waals surface area contributed by atoms with Gasteiger partial charge in [-0.2, -0.15) is 4.31 Å². The molecule has 2 aliphatic rings. The maximum absolute atomic E-state index is 12.9. The van der Waals surface area contributed by atoms with Crippen LogP contribution in [0.15, 0.2) is 53.4 Å². The average molecular weight is 476 g/mol. The smallest absolute Gasteiger partial charge is 0.317 e. The summed E-state index contributed by atoms with van der Waals surface area (Å²) in [5.74, 6) is 0.302. The molecule has 32 heavy (non-hydrogen) atoms. The van der Waals surface area contributed by atoms with E-state index in [1.807, 2.05) is 24.3 Å². The summed E-state index contributed by atoms with van der Waals surface area (Å²) in [6.07, 6.45) is 2.14. The van der Waals surface area contributed by atoms with E-state index in [0.717, 1.165) is 18.4 Å². The fraction of sp³-hybridized carbons (Fsp3) is 0.391. The standard InChI is InChI=1S/C23H26ClN3O4S/c1-16(28)17-6-10-21(11-7-17)32(30,31)27-14-12-26(13-15-27)23(29)25-22(18-2-3-18)19-4-8-20(24)9-5-19/h4-11,18,22H,2-3,12-15H2,1H3,(H,25,29)/t22-/m0/s1. The van der Waals surface area contributed by atoms with Crippen molar-refractivity contribution >= 4 is 33.4 Å². The van der Waals surface area contributed by atoms with Crippen LogP contribution in [0.3, 0.4) is 0 Å². The van der Waals surface area contributed by atoms with Crippen LogP contribution in [-0.4, -0.2) is 55.6 Å². The molecule has 7 nitrogen and oxygen atoms in total. The van der Waals surface area contributed by atoms with Gasteiger partial charge in [0.05, 0.1) is 10.9 Å². The van der Waals surface area contributed by atoms with Gasteiger partial charge in [-0.1, -0.05) is 35.9 Å². The van der Waals surface area contributed by atoms with Crippen molar-refractivity contribution in [2.75, 3.05) is 26.2 Å². The highest BCUT2D eigenvalue weighted by Gasteiger charge is 2.36. The predicted molar refractivity (Wildman–Crippen MR) is 122 cm³/mol. The van der Waals surface area contributed by atoms with Crippen LogP contribution in [0.2, 0.25) is 5.02 Å². The van der Waals surface area contributed by atoms with Crippen molar-refractivity contribution in [2.45, 2.75) is 30.7 Å². The van der Waals surface area contributed by atoms with Gasteiger partial charge in [-0.15, -0.1) is 0 Å². The number of nitrogens with zero attached hydrogens (tertiary/aromatic N) is 2. The Hall–Kier alpha value is -2.42. The molecule has 2 fully saturated rings. The fourth-order valence-corrected chi connectivity index (χ4v) is 5.49. The van der Waals surface area contributed by atoms with Crippen LogP contribution in [0.5, 0.6) is 0 Å². The first-order chi connectivity index (χ1) is 15.3. The van der Waals surface area contributed by atoms with Crippen LogP contribution in [0, 0.1) is 5.92 Å². The number of benzene rings is 2. The number of Topliss-reactive ketones (excluding diaryl/α,β-unsaturated/α-hetero) is 1. The molecule has 1 aliphatic heterocycles. The zero-order valence-corrected chi connectivity index (χ0v) is 19.4. The van der Waals surface area contributed by atoms with Gasteiger partial charge in [0.2, 0.25) is 10.0 Å². The molecule has 0 radical (unpaired) electrons. The number of urea groups is 1. The average Bonchev–Trinajstić information content (AvgIpc) is 3.63. The lowest BCUT2D eigenvalue weighted by Gasteiger charge is -2.35. The van der Waals surface area contributed by atoms with Crippen LogP contribution in [0.25, 0.3) is 0 Å². The molecule has 1 atom stereocenters. The molecule has 0 aromatic heterocycles. The number of hydrogen-bond donors (Lipinski definition) is 1. The van der Waals surface area contributed by atoms with Crippen molar-refractivity contribution in [1.82, 2.24) is 14.5 Å². The predicted octanol–water partition coefficient (Wildman–Crippen LogP) is 3.71. The van der Waals surface area contributed by atoms with Gasteiger partial charge in [0, 0.05) is 36.8 Å². The van der Waals surface area contributed by atoms with Crippen molar-refractivity contribution in [1.29, 1.82) is 0 Å². The van der Waals surface area contributed by atoms with Crippen molar-refractivity contribution in [3.05, 3.63) is 64.7 Å². The maximum atomic E-state index is 12.9. The zero-order chi connectivity index (χ0) is 22.9. The number of rotatable bonds is 6. The number of sulfonamides is 1. The van der Waals surface area contributed by atoms with Crippen LogP contribution in [0.4, 0.5) is 4.79 Å². The SMILES string of the molecule is CC(=O)c1ccc(S(=O)(=O)N2CCN(C(=O)N[C@H](c3ccc(Cl)cc3)C3CC3)CC2)cc1. The van der Waals surface area contributed by atoms with E-state index in [1.165, 1.54) is 35.5 Å². The molecule has 2 aromatic rings.